The standard InChI is InChI=1S/C12H18N4S/c1-9-7-10(16(4)15-9)8-14-12(2,3)11-13-5-6-17-11/h5-7,14H,8H2,1-4H3. The van der Waals surface area contributed by atoms with Gasteiger partial charge < -0.3 is 5.32 Å². The molecule has 0 bridgehead atoms. The Hall–Kier alpha value is -1.20. The third-order valence-corrected chi connectivity index (χ3v) is 3.87. The Morgan fingerprint density at radius 3 is 2.76 bits per heavy atom. The van der Waals surface area contributed by atoms with Crippen LogP contribution in [0.2, 0.25) is 0 Å². The molecular formula is C12H18N4S. The molecule has 1 N–H and O–H groups in total. The Bertz CT molecular complexity index is 485. The van der Waals surface area contributed by atoms with Crippen LogP contribution in [-0.2, 0) is 19.1 Å². The average molecular weight is 250 g/mol. The number of rotatable bonds is 4. The molecule has 0 saturated heterocycles. The third kappa shape index (κ3) is 2.73. The topological polar surface area (TPSA) is 42.7 Å². The fourth-order valence-electron chi connectivity index (χ4n) is 1.75. The summed E-state index contributed by atoms with van der Waals surface area (Å²) in [6.45, 7) is 7.10. The van der Waals surface area contributed by atoms with E-state index in [1.165, 1.54) is 5.69 Å². The van der Waals surface area contributed by atoms with Crippen molar-refractivity contribution in [3.8, 4) is 0 Å². The van der Waals surface area contributed by atoms with Crippen molar-refractivity contribution < 1.29 is 0 Å². The Labute approximate surface area is 106 Å². The molecule has 17 heavy (non-hydrogen) atoms. The molecule has 5 heteroatoms. The van der Waals surface area contributed by atoms with E-state index >= 15 is 0 Å². The first kappa shape index (κ1) is 12.3. The van der Waals surface area contributed by atoms with E-state index in [0.29, 0.717) is 0 Å². The first-order chi connectivity index (χ1) is 7.99. The summed E-state index contributed by atoms with van der Waals surface area (Å²) < 4.78 is 1.92. The van der Waals surface area contributed by atoms with Gasteiger partial charge in [-0.1, -0.05) is 0 Å². The fourth-order valence-corrected chi connectivity index (χ4v) is 2.49. The second-order valence-electron chi connectivity index (χ2n) is 4.72. The molecule has 2 rings (SSSR count). The smallest absolute Gasteiger partial charge is 0.112 e. The van der Waals surface area contributed by atoms with Crippen LogP contribution in [0.4, 0.5) is 0 Å². The van der Waals surface area contributed by atoms with E-state index in [0.717, 1.165) is 17.2 Å². The van der Waals surface area contributed by atoms with Crippen molar-refractivity contribution in [2.45, 2.75) is 32.9 Å². The molecule has 2 heterocycles. The lowest BCUT2D eigenvalue weighted by atomic mass is 10.1. The molecule has 2 aromatic rings. The van der Waals surface area contributed by atoms with Crippen molar-refractivity contribution in [1.29, 1.82) is 0 Å². The van der Waals surface area contributed by atoms with Gasteiger partial charge in [0.25, 0.3) is 0 Å². The van der Waals surface area contributed by atoms with E-state index in [9.17, 15) is 0 Å². The zero-order valence-corrected chi connectivity index (χ0v) is 11.5. The zero-order valence-electron chi connectivity index (χ0n) is 10.7. The van der Waals surface area contributed by atoms with Gasteiger partial charge in [-0.3, -0.25) is 4.68 Å². The highest BCUT2D eigenvalue weighted by Crippen LogP contribution is 2.22. The Balaban J connectivity index is 2.05. The van der Waals surface area contributed by atoms with Crippen molar-refractivity contribution in [1.82, 2.24) is 20.1 Å². The second kappa shape index (κ2) is 4.58. The molecule has 0 fully saturated rings. The summed E-state index contributed by atoms with van der Waals surface area (Å²) in [4.78, 5) is 4.36. The van der Waals surface area contributed by atoms with E-state index in [-0.39, 0.29) is 5.54 Å². The molecule has 0 amide bonds. The minimum atomic E-state index is -0.105. The number of nitrogens with one attached hydrogen (secondary N) is 1. The largest absolute Gasteiger partial charge is 0.300 e. The first-order valence-corrected chi connectivity index (χ1v) is 6.51. The van der Waals surface area contributed by atoms with Crippen LogP contribution in [0.1, 0.15) is 30.2 Å². The normalized spacial score (nSPS) is 12.0. The van der Waals surface area contributed by atoms with Crippen molar-refractivity contribution >= 4 is 11.3 Å². The lowest BCUT2D eigenvalue weighted by molar-refractivity contribution is 0.392. The zero-order chi connectivity index (χ0) is 12.5. The van der Waals surface area contributed by atoms with E-state index in [1.54, 1.807) is 11.3 Å². The lowest BCUT2D eigenvalue weighted by Crippen LogP contribution is -2.36. The summed E-state index contributed by atoms with van der Waals surface area (Å²) in [5, 5.41) is 11.0. The van der Waals surface area contributed by atoms with Gasteiger partial charge in [0.2, 0.25) is 0 Å². The molecule has 4 nitrogen and oxygen atoms in total. The van der Waals surface area contributed by atoms with Gasteiger partial charge in [-0.05, 0) is 26.8 Å². The first-order valence-electron chi connectivity index (χ1n) is 5.63. The molecule has 0 spiro atoms. The Kier molecular flexibility index (Phi) is 3.31. The summed E-state index contributed by atoms with van der Waals surface area (Å²) in [5.74, 6) is 0. The molecule has 0 aliphatic carbocycles. The summed E-state index contributed by atoms with van der Waals surface area (Å²) in [7, 11) is 1.97. The van der Waals surface area contributed by atoms with Gasteiger partial charge in [-0.15, -0.1) is 11.3 Å². The molecule has 0 unspecified atom stereocenters. The second-order valence-corrected chi connectivity index (χ2v) is 5.61. The molecule has 0 aliphatic rings. The predicted octanol–water partition coefficient (Wildman–Crippen LogP) is 2.21. The number of aromatic nitrogens is 3. The maximum Gasteiger partial charge on any atom is 0.112 e. The van der Waals surface area contributed by atoms with Crippen LogP contribution in [0.15, 0.2) is 17.6 Å². The van der Waals surface area contributed by atoms with Crippen LogP contribution >= 0.6 is 11.3 Å². The maximum atomic E-state index is 4.36. The van der Waals surface area contributed by atoms with Crippen LogP contribution in [0.25, 0.3) is 0 Å². The Morgan fingerprint density at radius 1 is 1.47 bits per heavy atom. The number of hydrogen-bond acceptors (Lipinski definition) is 4. The number of thiazole rings is 1. The van der Waals surface area contributed by atoms with E-state index in [2.05, 4.69) is 35.3 Å². The van der Waals surface area contributed by atoms with Crippen molar-refractivity contribution in [3.05, 3.63) is 34.0 Å². The third-order valence-electron chi connectivity index (χ3n) is 2.78. The fraction of sp³-hybridized carbons (Fsp3) is 0.500. The molecular weight excluding hydrogens is 232 g/mol. The summed E-state index contributed by atoms with van der Waals surface area (Å²) in [6, 6.07) is 2.10. The van der Waals surface area contributed by atoms with Gasteiger partial charge in [-0.25, -0.2) is 4.98 Å². The molecule has 0 aromatic carbocycles. The highest BCUT2D eigenvalue weighted by Gasteiger charge is 2.22. The SMILES string of the molecule is Cc1cc(CNC(C)(C)c2nccs2)n(C)n1. The van der Waals surface area contributed by atoms with Crippen LogP contribution in [0, 0.1) is 6.92 Å². The van der Waals surface area contributed by atoms with Gasteiger partial charge in [0.05, 0.1) is 16.9 Å². The quantitative estimate of drug-likeness (QED) is 0.904. The van der Waals surface area contributed by atoms with Gasteiger partial charge >= 0.3 is 0 Å². The monoisotopic (exact) mass is 250 g/mol. The summed E-state index contributed by atoms with van der Waals surface area (Å²) in [5.41, 5.74) is 2.13. The number of aryl methyl sites for hydroxylation is 2. The summed E-state index contributed by atoms with van der Waals surface area (Å²) in [6.07, 6.45) is 1.84. The van der Waals surface area contributed by atoms with Crippen molar-refractivity contribution in [2.75, 3.05) is 0 Å². The van der Waals surface area contributed by atoms with E-state index < -0.39 is 0 Å². The lowest BCUT2D eigenvalue weighted by Gasteiger charge is -2.23. The minimum absolute atomic E-state index is 0.105. The van der Waals surface area contributed by atoms with Crippen molar-refractivity contribution in [2.24, 2.45) is 7.05 Å². The predicted molar refractivity (Wildman–Crippen MR) is 69.9 cm³/mol. The highest BCUT2D eigenvalue weighted by atomic mass is 32.1. The average Bonchev–Trinajstić information content (AvgIpc) is 2.85. The molecule has 0 radical (unpaired) electrons. The molecule has 0 aliphatic heterocycles. The van der Waals surface area contributed by atoms with Gasteiger partial charge in [0.15, 0.2) is 0 Å². The molecule has 2 aromatic heterocycles. The summed E-state index contributed by atoms with van der Waals surface area (Å²) >= 11 is 1.68. The van der Waals surface area contributed by atoms with Crippen molar-refractivity contribution in [3.63, 3.8) is 0 Å². The van der Waals surface area contributed by atoms with Gasteiger partial charge in [0.1, 0.15) is 5.01 Å². The van der Waals surface area contributed by atoms with E-state index in [4.69, 9.17) is 0 Å². The highest BCUT2D eigenvalue weighted by molar-refractivity contribution is 7.09. The molecule has 92 valence electrons. The maximum absolute atomic E-state index is 4.36. The van der Waals surface area contributed by atoms with Crippen LogP contribution < -0.4 is 5.32 Å². The van der Waals surface area contributed by atoms with Crippen LogP contribution in [-0.4, -0.2) is 14.8 Å². The Morgan fingerprint density at radius 2 is 2.24 bits per heavy atom. The van der Waals surface area contributed by atoms with Crippen LogP contribution in [0.3, 0.4) is 0 Å². The van der Waals surface area contributed by atoms with Crippen LogP contribution in [0.5, 0.6) is 0 Å². The molecule has 0 saturated carbocycles. The van der Waals surface area contributed by atoms with E-state index in [1.807, 2.05) is 30.2 Å². The van der Waals surface area contributed by atoms with Gasteiger partial charge in [0, 0.05) is 25.2 Å². The molecule has 0 atom stereocenters. The minimum Gasteiger partial charge on any atom is -0.300 e. The van der Waals surface area contributed by atoms with Gasteiger partial charge in [-0.2, -0.15) is 5.10 Å². The number of nitrogens with zero attached hydrogens (tertiary/aromatic N) is 3. The number of hydrogen-bond donors (Lipinski definition) is 1.